The summed E-state index contributed by atoms with van der Waals surface area (Å²) >= 11 is 0. The molecule has 0 spiro atoms. The first-order valence-corrected chi connectivity index (χ1v) is 12.0. The molecule has 0 saturated carbocycles. The van der Waals surface area contributed by atoms with Gasteiger partial charge in [0.15, 0.2) is 0 Å². The van der Waals surface area contributed by atoms with Gasteiger partial charge >= 0.3 is 0 Å². The van der Waals surface area contributed by atoms with E-state index in [2.05, 4.69) is 23.5 Å². The van der Waals surface area contributed by atoms with Crippen molar-refractivity contribution < 1.29 is 13.2 Å². The first-order chi connectivity index (χ1) is 14.3. The Kier molecular flexibility index (Phi) is 7.64. The third-order valence-electron chi connectivity index (χ3n) is 5.38. The highest BCUT2D eigenvalue weighted by molar-refractivity contribution is 7.89. The van der Waals surface area contributed by atoms with Gasteiger partial charge in [0.05, 0.1) is 4.90 Å². The molecule has 0 aliphatic carbocycles. The second-order valence-corrected chi connectivity index (χ2v) is 9.92. The lowest BCUT2D eigenvalue weighted by molar-refractivity contribution is 0.0631. The first kappa shape index (κ1) is 22.5. The minimum absolute atomic E-state index is 0.111. The predicted molar refractivity (Wildman–Crippen MR) is 119 cm³/mol. The van der Waals surface area contributed by atoms with E-state index < -0.39 is 10.0 Å². The summed E-state index contributed by atoms with van der Waals surface area (Å²) in [5.41, 5.74) is 1.29. The molecule has 2 aromatic rings. The van der Waals surface area contributed by atoms with E-state index >= 15 is 0 Å². The summed E-state index contributed by atoms with van der Waals surface area (Å²) in [7, 11) is -3.70. The number of hydrogen-bond acceptors (Lipinski definition) is 4. The molecule has 1 N–H and O–H groups in total. The minimum atomic E-state index is -3.70. The van der Waals surface area contributed by atoms with Crippen LogP contribution in [0.2, 0.25) is 0 Å². The van der Waals surface area contributed by atoms with Gasteiger partial charge in [0, 0.05) is 38.3 Å². The summed E-state index contributed by atoms with van der Waals surface area (Å²) in [6.45, 7) is 8.75. The Morgan fingerprint density at radius 3 is 2.37 bits per heavy atom. The number of benzene rings is 2. The topological polar surface area (TPSA) is 69.7 Å². The van der Waals surface area contributed by atoms with Crippen molar-refractivity contribution in [3.8, 4) is 0 Å². The maximum Gasteiger partial charge on any atom is 0.253 e. The third-order valence-corrected chi connectivity index (χ3v) is 6.78. The number of nitrogens with zero attached hydrogens (tertiary/aromatic N) is 2. The van der Waals surface area contributed by atoms with Crippen molar-refractivity contribution in [3.63, 3.8) is 0 Å². The fourth-order valence-corrected chi connectivity index (χ4v) is 4.51. The zero-order valence-corrected chi connectivity index (χ0v) is 18.6. The summed E-state index contributed by atoms with van der Waals surface area (Å²) < 4.78 is 28.0. The Hall–Kier alpha value is -2.22. The van der Waals surface area contributed by atoms with Crippen LogP contribution in [0, 0.1) is 5.92 Å². The predicted octanol–water partition coefficient (Wildman–Crippen LogP) is 2.97. The molecule has 1 aliphatic rings. The van der Waals surface area contributed by atoms with Crippen LogP contribution < -0.4 is 4.72 Å². The molecule has 30 heavy (non-hydrogen) atoms. The van der Waals surface area contributed by atoms with E-state index in [0.717, 1.165) is 31.6 Å². The van der Waals surface area contributed by atoms with E-state index in [4.69, 9.17) is 0 Å². The molecule has 3 rings (SSSR count). The van der Waals surface area contributed by atoms with Crippen LogP contribution in [0.4, 0.5) is 0 Å². The molecule has 1 amide bonds. The van der Waals surface area contributed by atoms with E-state index in [-0.39, 0.29) is 17.3 Å². The van der Waals surface area contributed by atoms with Gasteiger partial charge < -0.3 is 4.90 Å². The molecule has 0 bridgehead atoms. The average molecular weight is 430 g/mol. The summed E-state index contributed by atoms with van der Waals surface area (Å²) in [5.74, 6) is 0.559. The molecule has 2 aromatic carbocycles. The Labute approximate surface area is 179 Å². The molecule has 162 valence electrons. The summed E-state index contributed by atoms with van der Waals surface area (Å²) in [5, 5.41) is 0. The Morgan fingerprint density at radius 1 is 1.00 bits per heavy atom. The van der Waals surface area contributed by atoms with Gasteiger partial charge in [-0.2, -0.15) is 0 Å². The van der Waals surface area contributed by atoms with Gasteiger partial charge in [-0.05, 0) is 42.6 Å². The molecule has 0 atom stereocenters. The van der Waals surface area contributed by atoms with Crippen molar-refractivity contribution in [1.82, 2.24) is 14.5 Å². The van der Waals surface area contributed by atoms with Crippen LogP contribution in [-0.4, -0.2) is 56.8 Å². The van der Waals surface area contributed by atoms with Crippen LogP contribution >= 0.6 is 0 Å². The normalized spacial score (nSPS) is 15.5. The van der Waals surface area contributed by atoms with Crippen molar-refractivity contribution in [2.24, 2.45) is 5.92 Å². The molecule has 0 radical (unpaired) electrons. The molecule has 6 nitrogen and oxygen atoms in total. The van der Waals surface area contributed by atoms with Crippen molar-refractivity contribution in [1.29, 1.82) is 0 Å². The number of amides is 1. The second kappa shape index (κ2) is 10.2. The molecule has 1 aliphatic heterocycles. The van der Waals surface area contributed by atoms with Crippen LogP contribution in [0.5, 0.6) is 0 Å². The van der Waals surface area contributed by atoms with E-state index in [1.54, 1.807) is 12.1 Å². The lowest BCUT2D eigenvalue weighted by atomic mass is 10.1. The largest absolute Gasteiger partial charge is 0.336 e. The monoisotopic (exact) mass is 429 g/mol. The van der Waals surface area contributed by atoms with Crippen molar-refractivity contribution in [2.45, 2.75) is 31.7 Å². The van der Waals surface area contributed by atoms with Crippen molar-refractivity contribution >= 4 is 15.9 Å². The van der Waals surface area contributed by atoms with Crippen LogP contribution in [0.15, 0.2) is 59.5 Å². The number of piperazine rings is 1. The Morgan fingerprint density at radius 2 is 1.70 bits per heavy atom. The second-order valence-electron chi connectivity index (χ2n) is 8.15. The Balaban J connectivity index is 1.61. The third kappa shape index (κ3) is 6.14. The highest BCUT2D eigenvalue weighted by Gasteiger charge is 2.23. The average Bonchev–Trinajstić information content (AvgIpc) is 2.77. The van der Waals surface area contributed by atoms with Gasteiger partial charge in [-0.15, -0.1) is 0 Å². The van der Waals surface area contributed by atoms with E-state index in [1.807, 2.05) is 35.2 Å². The molecular formula is C23H31N3O3S. The van der Waals surface area contributed by atoms with Gasteiger partial charge in [-0.1, -0.05) is 50.2 Å². The quantitative estimate of drug-likeness (QED) is 0.700. The zero-order valence-electron chi connectivity index (χ0n) is 17.8. The number of rotatable bonds is 8. The van der Waals surface area contributed by atoms with E-state index in [1.165, 1.54) is 12.1 Å². The molecule has 1 saturated heterocycles. The van der Waals surface area contributed by atoms with Gasteiger partial charge in [-0.3, -0.25) is 9.69 Å². The first-order valence-electron chi connectivity index (χ1n) is 10.5. The standard InChI is InChI=1S/C23H31N3O3S/c1-19(2)11-12-25-13-15-26(16-14-25)23(27)21-9-6-10-22(17-21)30(28,29)24-18-20-7-4-3-5-8-20/h3-10,17,19,24H,11-16,18H2,1-2H3. The number of nitrogens with one attached hydrogen (secondary N) is 1. The number of hydrogen-bond donors (Lipinski definition) is 1. The lowest BCUT2D eigenvalue weighted by Crippen LogP contribution is -2.49. The van der Waals surface area contributed by atoms with Gasteiger partial charge in [0.2, 0.25) is 10.0 Å². The van der Waals surface area contributed by atoms with Crippen LogP contribution in [0.25, 0.3) is 0 Å². The highest BCUT2D eigenvalue weighted by Crippen LogP contribution is 2.16. The van der Waals surface area contributed by atoms with E-state index in [0.29, 0.717) is 24.6 Å². The van der Waals surface area contributed by atoms with Crippen molar-refractivity contribution in [2.75, 3.05) is 32.7 Å². The van der Waals surface area contributed by atoms with Crippen molar-refractivity contribution in [3.05, 3.63) is 65.7 Å². The van der Waals surface area contributed by atoms with Gasteiger partial charge in [-0.25, -0.2) is 13.1 Å². The van der Waals surface area contributed by atoms with Gasteiger partial charge in [0.1, 0.15) is 0 Å². The summed E-state index contributed by atoms with van der Waals surface area (Å²) in [6, 6.07) is 15.7. The van der Waals surface area contributed by atoms with Crippen LogP contribution in [-0.2, 0) is 16.6 Å². The molecule has 7 heteroatoms. The lowest BCUT2D eigenvalue weighted by Gasteiger charge is -2.35. The molecule has 0 unspecified atom stereocenters. The van der Waals surface area contributed by atoms with E-state index in [9.17, 15) is 13.2 Å². The molecule has 1 heterocycles. The van der Waals surface area contributed by atoms with Gasteiger partial charge in [0.25, 0.3) is 5.91 Å². The molecule has 0 aromatic heterocycles. The molecular weight excluding hydrogens is 398 g/mol. The number of carbonyl (C=O) groups is 1. The maximum absolute atomic E-state index is 12.9. The number of carbonyl (C=O) groups excluding carboxylic acids is 1. The smallest absolute Gasteiger partial charge is 0.253 e. The number of sulfonamides is 1. The van der Waals surface area contributed by atoms with Crippen LogP contribution in [0.1, 0.15) is 36.2 Å². The minimum Gasteiger partial charge on any atom is -0.336 e. The molecule has 1 fully saturated rings. The zero-order chi connectivity index (χ0) is 21.6. The maximum atomic E-state index is 12.9. The Bertz CT molecular complexity index is 937. The fraction of sp³-hybridized carbons (Fsp3) is 0.435. The summed E-state index contributed by atoms with van der Waals surface area (Å²) in [4.78, 5) is 17.2. The highest BCUT2D eigenvalue weighted by atomic mass is 32.2. The van der Waals surface area contributed by atoms with Crippen LogP contribution in [0.3, 0.4) is 0 Å². The fourth-order valence-electron chi connectivity index (χ4n) is 3.45. The SMILES string of the molecule is CC(C)CCN1CCN(C(=O)c2cccc(S(=O)(=O)NCc3ccccc3)c2)CC1. The summed E-state index contributed by atoms with van der Waals surface area (Å²) in [6.07, 6.45) is 1.16.